The Labute approximate surface area is 129 Å². The molecule has 7 nitrogen and oxygen atoms in total. The van der Waals surface area contributed by atoms with E-state index < -0.39 is 0 Å². The van der Waals surface area contributed by atoms with E-state index in [1.54, 1.807) is 12.1 Å². The minimum atomic E-state index is -0.367. The number of aliphatic hydroxyl groups excluding tert-OH is 1. The molecular weight excluding hydrogens is 284 g/mol. The Morgan fingerprint density at radius 3 is 2.32 bits per heavy atom. The zero-order chi connectivity index (χ0) is 15.5. The van der Waals surface area contributed by atoms with Gasteiger partial charge in [0.25, 0.3) is 5.69 Å². The van der Waals surface area contributed by atoms with E-state index in [2.05, 4.69) is 14.7 Å². The number of rotatable bonds is 5. The molecule has 7 heteroatoms. The summed E-state index contributed by atoms with van der Waals surface area (Å²) in [7, 11) is 0. The number of non-ortho nitro benzene ring substituents is 1. The average molecular weight is 306 g/mol. The van der Waals surface area contributed by atoms with Crippen LogP contribution in [-0.2, 0) is 0 Å². The lowest BCUT2D eigenvalue weighted by Gasteiger charge is -2.49. The first-order valence-electron chi connectivity index (χ1n) is 7.74. The van der Waals surface area contributed by atoms with E-state index in [1.807, 2.05) is 12.1 Å². The molecule has 0 atom stereocenters. The maximum absolute atomic E-state index is 10.7. The van der Waals surface area contributed by atoms with Crippen molar-refractivity contribution in [2.75, 3.05) is 57.3 Å². The molecule has 0 saturated carbocycles. The normalized spacial score (nSPS) is 20.9. The number of aliphatic hydroxyl groups is 1. The highest BCUT2D eigenvalue weighted by Gasteiger charge is 2.33. The summed E-state index contributed by atoms with van der Waals surface area (Å²) in [5, 5.41) is 19.6. The van der Waals surface area contributed by atoms with Gasteiger partial charge in [-0.3, -0.25) is 19.9 Å². The third-order valence-corrected chi connectivity index (χ3v) is 4.63. The van der Waals surface area contributed by atoms with Crippen molar-refractivity contribution in [2.24, 2.45) is 0 Å². The Morgan fingerprint density at radius 2 is 1.77 bits per heavy atom. The van der Waals surface area contributed by atoms with Crippen LogP contribution in [0.3, 0.4) is 0 Å². The van der Waals surface area contributed by atoms with Crippen LogP contribution in [0.1, 0.15) is 0 Å². The van der Waals surface area contributed by atoms with Gasteiger partial charge in [0.05, 0.1) is 11.5 Å². The first-order valence-corrected chi connectivity index (χ1v) is 7.74. The number of benzene rings is 1. The summed E-state index contributed by atoms with van der Waals surface area (Å²) < 4.78 is 0. The van der Waals surface area contributed by atoms with Crippen LogP contribution in [0.25, 0.3) is 0 Å². The lowest BCUT2D eigenvalue weighted by molar-refractivity contribution is -0.384. The van der Waals surface area contributed by atoms with Crippen LogP contribution in [0.5, 0.6) is 0 Å². The molecule has 0 aromatic heterocycles. The van der Waals surface area contributed by atoms with E-state index in [1.165, 1.54) is 0 Å². The lowest BCUT2D eigenvalue weighted by Crippen LogP contribution is -2.63. The Morgan fingerprint density at radius 1 is 1.14 bits per heavy atom. The maximum atomic E-state index is 10.7. The van der Waals surface area contributed by atoms with Crippen molar-refractivity contribution < 1.29 is 10.0 Å². The Bertz CT molecular complexity index is 508. The second-order valence-electron chi connectivity index (χ2n) is 5.93. The van der Waals surface area contributed by atoms with E-state index >= 15 is 0 Å². The Kier molecular flexibility index (Phi) is 4.56. The fraction of sp³-hybridized carbons (Fsp3) is 0.600. The first-order chi connectivity index (χ1) is 10.7. The predicted octanol–water partition coefficient (Wildman–Crippen LogP) is 0.393. The maximum Gasteiger partial charge on any atom is 0.269 e. The summed E-state index contributed by atoms with van der Waals surface area (Å²) in [6.45, 7) is 7.13. The molecule has 0 radical (unpaired) electrons. The molecule has 2 aliphatic rings. The number of β-amino-alcohol motifs (C(OH)–C–C–N with tert-alkyl or cyclic N) is 1. The number of nitrogens with zero attached hydrogens (tertiary/aromatic N) is 4. The van der Waals surface area contributed by atoms with Crippen molar-refractivity contribution in [1.82, 2.24) is 9.80 Å². The van der Waals surface area contributed by atoms with Crippen molar-refractivity contribution in [3.8, 4) is 0 Å². The number of nitro groups is 1. The number of nitro benzene ring substituents is 1. The Hall–Kier alpha value is -1.70. The molecule has 0 aliphatic carbocycles. The summed E-state index contributed by atoms with van der Waals surface area (Å²) in [5.41, 5.74) is 1.20. The largest absolute Gasteiger partial charge is 0.395 e. The topological polar surface area (TPSA) is 73.1 Å². The smallest absolute Gasteiger partial charge is 0.269 e. The number of piperazine rings is 1. The van der Waals surface area contributed by atoms with Crippen LogP contribution in [0.4, 0.5) is 11.4 Å². The number of hydrogen-bond acceptors (Lipinski definition) is 6. The Balaban J connectivity index is 1.47. The van der Waals surface area contributed by atoms with Gasteiger partial charge in [-0.15, -0.1) is 0 Å². The predicted molar refractivity (Wildman–Crippen MR) is 84.2 cm³/mol. The first kappa shape index (κ1) is 15.2. The highest BCUT2D eigenvalue weighted by Crippen LogP contribution is 2.26. The standard InChI is InChI=1S/C15H22N4O3/c20-10-9-16-5-7-17(8-6-16)15-11-18(12-15)13-1-3-14(4-2-13)19(21)22/h1-4,15,20H,5-12H2. The van der Waals surface area contributed by atoms with Gasteiger partial charge < -0.3 is 10.0 Å². The third-order valence-electron chi connectivity index (χ3n) is 4.63. The fourth-order valence-corrected chi connectivity index (χ4v) is 3.18. The van der Waals surface area contributed by atoms with E-state index in [9.17, 15) is 10.1 Å². The van der Waals surface area contributed by atoms with Crippen LogP contribution in [-0.4, -0.2) is 78.3 Å². The van der Waals surface area contributed by atoms with Crippen LogP contribution < -0.4 is 4.90 Å². The minimum absolute atomic E-state index is 0.140. The van der Waals surface area contributed by atoms with Gasteiger partial charge in [-0.05, 0) is 12.1 Å². The van der Waals surface area contributed by atoms with Crippen LogP contribution >= 0.6 is 0 Å². The monoisotopic (exact) mass is 306 g/mol. The van der Waals surface area contributed by atoms with Gasteiger partial charge in [0, 0.05) is 69.7 Å². The summed E-state index contributed by atoms with van der Waals surface area (Å²) in [5.74, 6) is 0. The molecule has 2 fully saturated rings. The molecule has 0 spiro atoms. The second-order valence-corrected chi connectivity index (χ2v) is 5.93. The van der Waals surface area contributed by atoms with E-state index in [0.29, 0.717) is 6.04 Å². The summed E-state index contributed by atoms with van der Waals surface area (Å²) in [4.78, 5) is 17.4. The SMILES string of the molecule is O=[N+]([O-])c1ccc(N2CC(N3CCN(CCO)CC3)C2)cc1. The summed E-state index contributed by atoms with van der Waals surface area (Å²) in [6, 6.07) is 7.36. The molecule has 1 N–H and O–H groups in total. The van der Waals surface area contributed by atoms with Crippen molar-refractivity contribution in [3.63, 3.8) is 0 Å². The van der Waals surface area contributed by atoms with Crippen LogP contribution in [0, 0.1) is 10.1 Å². The molecule has 22 heavy (non-hydrogen) atoms. The highest BCUT2D eigenvalue weighted by atomic mass is 16.6. The molecule has 2 heterocycles. The van der Waals surface area contributed by atoms with Gasteiger partial charge in [0.15, 0.2) is 0 Å². The van der Waals surface area contributed by atoms with Crippen molar-refractivity contribution in [1.29, 1.82) is 0 Å². The summed E-state index contributed by atoms with van der Waals surface area (Å²) in [6.07, 6.45) is 0. The molecule has 0 amide bonds. The van der Waals surface area contributed by atoms with E-state index in [0.717, 1.165) is 51.5 Å². The highest BCUT2D eigenvalue weighted by molar-refractivity contribution is 5.53. The molecular formula is C15H22N4O3. The molecule has 1 aromatic rings. The van der Waals surface area contributed by atoms with E-state index in [-0.39, 0.29) is 17.2 Å². The third kappa shape index (κ3) is 3.21. The van der Waals surface area contributed by atoms with Crippen molar-refractivity contribution >= 4 is 11.4 Å². The fourth-order valence-electron chi connectivity index (χ4n) is 3.18. The zero-order valence-electron chi connectivity index (χ0n) is 12.6. The number of hydrogen-bond donors (Lipinski definition) is 1. The van der Waals surface area contributed by atoms with Gasteiger partial charge >= 0.3 is 0 Å². The van der Waals surface area contributed by atoms with Gasteiger partial charge in [-0.1, -0.05) is 0 Å². The minimum Gasteiger partial charge on any atom is -0.395 e. The molecule has 3 rings (SSSR count). The van der Waals surface area contributed by atoms with Crippen molar-refractivity contribution in [2.45, 2.75) is 6.04 Å². The molecule has 1 aromatic carbocycles. The van der Waals surface area contributed by atoms with Crippen LogP contribution in [0.15, 0.2) is 24.3 Å². The number of anilines is 1. The second kappa shape index (κ2) is 6.60. The van der Waals surface area contributed by atoms with Gasteiger partial charge in [0.2, 0.25) is 0 Å². The van der Waals surface area contributed by atoms with Crippen LogP contribution in [0.2, 0.25) is 0 Å². The molecule has 120 valence electrons. The van der Waals surface area contributed by atoms with Crippen molar-refractivity contribution in [3.05, 3.63) is 34.4 Å². The van der Waals surface area contributed by atoms with Gasteiger partial charge in [-0.2, -0.15) is 0 Å². The average Bonchev–Trinajstić information content (AvgIpc) is 2.48. The molecule has 0 bridgehead atoms. The zero-order valence-corrected chi connectivity index (χ0v) is 12.6. The lowest BCUT2D eigenvalue weighted by atomic mass is 10.0. The quantitative estimate of drug-likeness (QED) is 0.627. The van der Waals surface area contributed by atoms with Gasteiger partial charge in [0.1, 0.15) is 0 Å². The van der Waals surface area contributed by atoms with Gasteiger partial charge in [-0.25, -0.2) is 0 Å². The summed E-state index contributed by atoms with van der Waals surface area (Å²) >= 11 is 0. The molecule has 2 aliphatic heterocycles. The molecule has 2 saturated heterocycles. The molecule has 0 unspecified atom stereocenters. The van der Waals surface area contributed by atoms with E-state index in [4.69, 9.17) is 5.11 Å².